The summed E-state index contributed by atoms with van der Waals surface area (Å²) in [4.78, 5) is 21.7. The van der Waals surface area contributed by atoms with E-state index >= 15 is 0 Å². The Bertz CT molecular complexity index is 1070. The van der Waals surface area contributed by atoms with E-state index in [0.29, 0.717) is 31.9 Å². The number of nitrogens with one attached hydrogen (secondary N) is 1. The van der Waals surface area contributed by atoms with Crippen LogP contribution in [-0.4, -0.2) is 55.2 Å². The number of aromatic nitrogens is 1. The number of amides is 1. The molecule has 0 bridgehead atoms. The molecule has 1 fully saturated rings. The molecule has 0 unspecified atom stereocenters. The molecule has 0 aliphatic carbocycles. The second-order valence-electron chi connectivity index (χ2n) is 8.29. The van der Waals surface area contributed by atoms with E-state index < -0.39 is 0 Å². The number of hydrogen-bond donors (Lipinski definition) is 1. The SMILES string of the molecule is O=C(c1cccc2cccnc12)N(CC[NH+]1CCCC1)Cc1ccc2c(c1)OCCO2. The summed E-state index contributed by atoms with van der Waals surface area (Å²) in [6, 6.07) is 15.7. The van der Waals surface area contributed by atoms with E-state index in [1.165, 1.54) is 25.9 Å². The molecule has 3 heterocycles. The summed E-state index contributed by atoms with van der Waals surface area (Å²) in [7, 11) is 0. The van der Waals surface area contributed by atoms with Crippen LogP contribution in [0.2, 0.25) is 0 Å². The van der Waals surface area contributed by atoms with Crippen LogP contribution in [0.5, 0.6) is 11.5 Å². The van der Waals surface area contributed by atoms with E-state index in [-0.39, 0.29) is 5.91 Å². The molecule has 6 heteroatoms. The largest absolute Gasteiger partial charge is 0.486 e. The van der Waals surface area contributed by atoms with E-state index in [9.17, 15) is 4.79 Å². The summed E-state index contributed by atoms with van der Waals surface area (Å²) < 4.78 is 11.4. The number of carbonyl (C=O) groups is 1. The number of likely N-dealkylation sites (tertiary alicyclic amines) is 1. The first-order valence-electron chi connectivity index (χ1n) is 11.1. The number of ether oxygens (including phenoxy) is 2. The molecule has 0 saturated carbocycles. The highest BCUT2D eigenvalue weighted by atomic mass is 16.6. The first-order chi connectivity index (χ1) is 15.3. The number of hydrogen-bond acceptors (Lipinski definition) is 4. The fraction of sp³-hybridized carbons (Fsp3) is 0.360. The van der Waals surface area contributed by atoms with Gasteiger partial charge in [0.1, 0.15) is 13.2 Å². The van der Waals surface area contributed by atoms with Crippen LogP contribution in [0.1, 0.15) is 28.8 Å². The molecule has 160 valence electrons. The predicted octanol–water partition coefficient (Wildman–Crippen LogP) is 2.33. The lowest BCUT2D eigenvalue weighted by Gasteiger charge is -2.26. The second-order valence-corrected chi connectivity index (χ2v) is 8.29. The summed E-state index contributed by atoms with van der Waals surface area (Å²) in [6.07, 6.45) is 4.30. The minimum atomic E-state index is 0.0257. The van der Waals surface area contributed by atoms with Crippen molar-refractivity contribution in [1.82, 2.24) is 9.88 Å². The molecule has 1 aromatic heterocycles. The summed E-state index contributed by atoms with van der Waals surface area (Å²) >= 11 is 0. The van der Waals surface area contributed by atoms with Gasteiger partial charge >= 0.3 is 0 Å². The smallest absolute Gasteiger partial charge is 0.256 e. The van der Waals surface area contributed by atoms with E-state index in [2.05, 4.69) is 4.98 Å². The molecule has 3 aromatic rings. The van der Waals surface area contributed by atoms with Gasteiger partial charge in [-0.1, -0.05) is 24.3 Å². The Labute approximate surface area is 182 Å². The average molecular weight is 419 g/mol. The fourth-order valence-corrected chi connectivity index (χ4v) is 4.52. The molecule has 31 heavy (non-hydrogen) atoms. The molecule has 2 aliphatic heterocycles. The Hall–Kier alpha value is -3.12. The van der Waals surface area contributed by atoms with Crippen molar-refractivity contribution in [3.63, 3.8) is 0 Å². The molecule has 6 nitrogen and oxygen atoms in total. The molecule has 0 spiro atoms. The third-order valence-corrected chi connectivity index (χ3v) is 6.18. The lowest BCUT2D eigenvalue weighted by molar-refractivity contribution is -0.886. The highest BCUT2D eigenvalue weighted by molar-refractivity contribution is 6.05. The number of pyridine rings is 1. The Morgan fingerprint density at radius 1 is 1.00 bits per heavy atom. The van der Waals surface area contributed by atoms with Gasteiger partial charge in [0.25, 0.3) is 5.91 Å². The standard InChI is InChI=1S/C25H27N3O3/c29-25(21-7-3-5-20-6-4-10-26-24(20)21)28(14-13-27-11-1-2-12-27)18-19-8-9-22-23(17-19)31-16-15-30-22/h3-10,17H,1-2,11-16,18H2/p+1. The number of nitrogens with zero attached hydrogens (tertiary/aromatic N) is 2. The maximum absolute atomic E-state index is 13.7. The Balaban J connectivity index is 1.42. The van der Waals surface area contributed by atoms with Crippen LogP contribution in [0.4, 0.5) is 0 Å². The van der Waals surface area contributed by atoms with Gasteiger partial charge < -0.3 is 19.3 Å². The third-order valence-electron chi connectivity index (χ3n) is 6.18. The van der Waals surface area contributed by atoms with Gasteiger partial charge in [-0.05, 0) is 29.8 Å². The number of benzene rings is 2. The zero-order valence-electron chi connectivity index (χ0n) is 17.7. The van der Waals surface area contributed by atoms with Crippen LogP contribution in [0, 0.1) is 0 Å². The Morgan fingerprint density at radius 2 is 1.81 bits per heavy atom. The van der Waals surface area contributed by atoms with Crippen molar-refractivity contribution in [2.75, 3.05) is 39.4 Å². The zero-order chi connectivity index (χ0) is 21.0. The molecule has 5 rings (SSSR count). The van der Waals surface area contributed by atoms with Crippen molar-refractivity contribution in [3.05, 3.63) is 65.9 Å². The predicted molar refractivity (Wildman–Crippen MR) is 119 cm³/mol. The topological polar surface area (TPSA) is 56.1 Å². The number of para-hydroxylation sites is 1. The van der Waals surface area contributed by atoms with Crippen LogP contribution >= 0.6 is 0 Å². The number of rotatable bonds is 6. The van der Waals surface area contributed by atoms with Gasteiger partial charge in [0.05, 0.1) is 37.3 Å². The highest BCUT2D eigenvalue weighted by Gasteiger charge is 2.23. The number of fused-ring (bicyclic) bond motifs is 2. The molecule has 2 aliphatic rings. The molecular formula is C25H28N3O3+. The molecule has 1 amide bonds. The van der Waals surface area contributed by atoms with E-state index in [4.69, 9.17) is 9.47 Å². The van der Waals surface area contributed by atoms with Crippen LogP contribution in [0.15, 0.2) is 54.7 Å². The van der Waals surface area contributed by atoms with Crippen LogP contribution in [0.3, 0.4) is 0 Å². The second kappa shape index (κ2) is 8.94. The van der Waals surface area contributed by atoms with Crippen molar-refractivity contribution < 1.29 is 19.2 Å². The first kappa shape index (κ1) is 19.8. The lowest BCUT2D eigenvalue weighted by Crippen LogP contribution is -3.10. The molecule has 1 N–H and O–H groups in total. The van der Waals surface area contributed by atoms with Crippen molar-refractivity contribution >= 4 is 16.8 Å². The number of carbonyl (C=O) groups excluding carboxylic acids is 1. The summed E-state index contributed by atoms with van der Waals surface area (Å²) in [6.45, 7) is 5.73. The first-order valence-corrected chi connectivity index (χ1v) is 11.1. The Morgan fingerprint density at radius 3 is 2.68 bits per heavy atom. The van der Waals surface area contributed by atoms with Crippen molar-refractivity contribution in [2.45, 2.75) is 19.4 Å². The maximum Gasteiger partial charge on any atom is 0.256 e. The van der Waals surface area contributed by atoms with Gasteiger partial charge in [-0.15, -0.1) is 0 Å². The van der Waals surface area contributed by atoms with Crippen LogP contribution < -0.4 is 14.4 Å². The molecule has 2 aromatic carbocycles. The number of quaternary nitrogens is 1. The minimum Gasteiger partial charge on any atom is -0.486 e. The quantitative estimate of drug-likeness (QED) is 0.668. The fourth-order valence-electron chi connectivity index (χ4n) is 4.52. The van der Waals surface area contributed by atoms with Crippen LogP contribution in [-0.2, 0) is 6.54 Å². The molecule has 1 saturated heterocycles. The monoisotopic (exact) mass is 418 g/mol. The minimum absolute atomic E-state index is 0.0257. The van der Waals surface area contributed by atoms with Gasteiger partial charge in [0.15, 0.2) is 11.5 Å². The van der Waals surface area contributed by atoms with Gasteiger partial charge in [-0.3, -0.25) is 9.78 Å². The summed E-state index contributed by atoms with van der Waals surface area (Å²) in [5, 5.41) is 0.984. The normalized spacial score (nSPS) is 15.9. The van der Waals surface area contributed by atoms with Gasteiger partial charge in [0.2, 0.25) is 0 Å². The average Bonchev–Trinajstić information content (AvgIpc) is 3.34. The highest BCUT2D eigenvalue weighted by Crippen LogP contribution is 2.31. The van der Waals surface area contributed by atoms with E-state index in [0.717, 1.165) is 34.5 Å². The molecule has 0 atom stereocenters. The molecular weight excluding hydrogens is 390 g/mol. The lowest BCUT2D eigenvalue weighted by atomic mass is 10.1. The van der Waals surface area contributed by atoms with Gasteiger partial charge in [0, 0.05) is 31.0 Å². The van der Waals surface area contributed by atoms with Crippen molar-refractivity contribution in [3.8, 4) is 11.5 Å². The zero-order valence-corrected chi connectivity index (χ0v) is 17.7. The van der Waals surface area contributed by atoms with Crippen molar-refractivity contribution in [1.29, 1.82) is 0 Å². The van der Waals surface area contributed by atoms with Gasteiger partial charge in [-0.2, -0.15) is 0 Å². The van der Waals surface area contributed by atoms with Crippen LogP contribution in [0.25, 0.3) is 10.9 Å². The molecule has 0 radical (unpaired) electrons. The summed E-state index contributed by atoms with van der Waals surface area (Å²) in [5.74, 6) is 1.55. The summed E-state index contributed by atoms with van der Waals surface area (Å²) in [5.41, 5.74) is 2.46. The third kappa shape index (κ3) is 4.35. The van der Waals surface area contributed by atoms with E-state index in [1.54, 1.807) is 11.1 Å². The maximum atomic E-state index is 13.7. The van der Waals surface area contributed by atoms with Gasteiger partial charge in [-0.25, -0.2) is 0 Å². The van der Waals surface area contributed by atoms with E-state index in [1.807, 2.05) is 53.4 Å². The Kier molecular flexibility index (Phi) is 5.71. The van der Waals surface area contributed by atoms with Crippen molar-refractivity contribution in [2.24, 2.45) is 0 Å².